The van der Waals surface area contributed by atoms with Gasteiger partial charge >= 0.3 is 5.97 Å². The van der Waals surface area contributed by atoms with Crippen LogP contribution in [0.3, 0.4) is 0 Å². The number of non-ortho nitro benzene ring substituents is 1. The van der Waals surface area contributed by atoms with E-state index in [2.05, 4.69) is 5.32 Å². The van der Waals surface area contributed by atoms with Crippen molar-refractivity contribution in [1.82, 2.24) is 0 Å². The number of amides is 1. The fourth-order valence-electron chi connectivity index (χ4n) is 2.59. The molecule has 0 radical (unpaired) electrons. The minimum absolute atomic E-state index is 0.0720. The van der Waals surface area contributed by atoms with Gasteiger partial charge in [-0.1, -0.05) is 18.2 Å². The molecule has 2 aromatic rings. The molecule has 0 aromatic heterocycles. The number of nitro benzene ring substituents is 1. The second-order valence-electron chi connectivity index (χ2n) is 5.71. The Labute approximate surface area is 137 Å². The van der Waals surface area contributed by atoms with Gasteiger partial charge < -0.3 is 10.1 Å². The van der Waals surface area contributed by atoms with Gasteiger partial charge in [-0.2, -0.15) is 0 Å². The van der Waals surface area contributed by atoms with Gasteiger partial charge in [-0.05, 0) is 30.7 Å². The van der Waals surface area contributed by atoms with Crippen LogP contribution in [-0.2, 0) is 16.0 Å². The molecule has 122 valence electrons. The lowest BCUT2D eigenvalue weighted by Gasteiger charge is -2.33. The summed E-state index contributed by atoms with van der Waals surface area (Å²) in [5, 5.41) is 13.3. The van der Waals surface area contributed by atoms with E-state index in [-0.39, 0.29) is 12.1 Å². The van der Waals surface area contributed by atoms with Gasteiger partial charge in [0, 0.05) is 24.2 Å². The van der Waals surface area contributed by atoms with Gasteiger partial charge in [-0.3, -0.25) is 14.9 Å². The number of hydrogen-bond donors (Lipinski definition) is 1. The van der Waals surface area contributed by atoms with Crippen LogP contribution in [-0.4, -0.2) is 22.4 Å². The molecule has 24 heavy (non-hydrogen) atoms. The Morgan fingerprint density at radius 2 is 1.88 bits per heavy atom. The number of nitrogens with one attached hydrogen (secondary N) is 1. The molecule has 1 N–H and O–H groups in total. The molecule has 7 heteroatoms. The van der Waals surface area contributed by atoms with Crippen LogP contribution in [0.5, 0.6) is 0 Å². The van der Waals surface area contributed by atoms with Gasteiger partial charge in [-0.15, -0.1) is 0 Å². The lowest BCUT2D eigenvalue weighted by molar-refractivity contribution is -0.384. The van der Waals surface area contributed by atoms with E-state index in [1.807, 2.05) is 0 Å². The SMILES string of the molecule is C[C@@]1(C(=O)Nc2ccc([N+](=O)[O-])cc2)Cc2ccccc2C(=O)O1. The van der Waals surface area contributed by atoms with Crippen LogP contribution >= 0.6 is 0 Å². The van der Waals surface area contributed by atoms with Crippen molar-refractivity contribution in [3.63, 3.8) is 0 Å². The first kappa shape index (κ1) is 15.7. The molecule has 1 aliphatic heterocycles. The average molecular weight is 326 g/mol. The van der Waals surface area contributed by atoms with E-state index >= 15 is 0 Å². The van der Waals surface area contributed by atoms with E-state index in [9.17, 15) is 19.7 Å². The number of cyclic esters (lactones) is 1. The molecule has 0 unspecified atom stereocenters. The Morgan fingerprint density at radius 3 is 2.54 bits per heavy atom. The highest BCUT2D eigenvalue weighted by molar-refractivity contribution is 6.02. The third kappa shape index (κ3) is 2.83. The Kier molecular flexibility index (Phi) is 3.76. The first-order valence-electron chi connectivity index (χ1n) is 7.26. The summed E-state index contributed by atoms with van der Waals surface area (Å²) < 4.78 is 5.34. The van der Waals surface area contributed by atoms with Crippen LogP contribution in [0.4, 0.5) is 11.4 Å². The Morgan fingerprint density at radius 1 is 1.21 bits per heavy atom. The molecule has 7 nitrogen and oxygen atoms in total. The largest absolute Gasteiger partial charge is 0.445 e. The molecule has 0 fully saturated rings. The number of anilines is 1. The average Bonchev–Trinajstić information content (AvgIpc) is 2.55. The smallest absolute Gasteiger partial charge is 0.339 e. The number of carbonyl (C=O) groups excluding carboxylic acids is 2. The fraction of sp³-hybridized carbons (Fsp3) is 0.176. The summed E-state index contributed by atoms with van der Waals surface area (Å²) in [5.74, 6) is -1.03. The second kappa shape index (κ2) is 5.77. The number of fused-ring (bicyclic) bond motifs is 1. The molecule has 0 bridgehead atoms. The number of ether oxygens (including phenoxy) is 1. The number of esters is 1. The van der Waals surface area contributed by atoms with Gasteiger partial charge in [-0.25, -0.2) is 4.79 Å². The van der Waals surface area contributed by atoms with E-state index < -0.39 is 22.4 Å². The normalized spacial score (nSPS) is 19.1. The van der Waals surface area contributed by atoms with Crippen LogP contribution in [0, 0.1) is 10.1 Å². The quantitative estimate of drug-likeness (QED) is 0.531. The molecule has 0 saturated carbocycles. The molecule has 3 rings (SSSR count). The number of hydrogen-bond acceptors (Lipinski definition) is 5. The highest BCUT2D eigenvalue weighted by Crippen LogP contribution is 2.29. The van der Waals surface area contributed by atoms with Crippen LogP contribution in [0.2, 0.25) is 0 Å². The third-order valence-electron chi connectivity index (χ3n) is 3.90. The zero-order valence-corrected chi connectivity index (χ0v) is 12.8. The van der Waals surface area contributed by atoms with Crippen molar-refractivity contribution < 1.29 is 19.2 Å². The minimum Gasteiger partial charge on any atom is -0.445 e. The monoisotopic (exact) mass is 326 g/mol. The Bertz CT molecular complexity index is 831. The number of benzene rings is 2. The standard InChI is InChI=1S/C17H14N2O5/c1-17(10-11-4-2-3-5-14(11)15(20)24-17)16(21)18-12-6-8-13(9-7-12)19(22)23/h2-9H,10H2,1H3,(H,18,21)/t17-/m0/s1. The van der Waals surface area contributed by atoms with E-state index in [4.69, 9.17) is 4.74 Å². The van der Waals surface area contributed by atoms with Crippen molar-refractivity contribution in [2.75, 3.05) is 5.32 Å². The molecule has 0 saturated heterocycles. The zero-order chi connectivity index (χ0) is 17.3. The van der Waals surface area contributed by atoms with Crippen molar-refractivity contribution in [1.29, 1.82) is 0 Å². The summed E-state index contributed by atoms with van der Waals surface area (Å²) in [4.78, 5) is 34.8. The van der Waals surface area contributed by atoms with Crippen LogP contribution in [0.15, 0.2) is 48.5 Å². The Balaban J connectivity index is 1.80. The van der Waals surface area contributed by atoms with Crippen molar-refractivity contribution in [2.24, 2.45) is 0 Å². The van der Waals surface area contributed by atoms with Gasteiger partial charge in [0.2, 0.25) is 0 Å². The third-order valence-corrected chi connectivity index (χ3v) is 3.90. The molecule has 1 amide bonds. The molecule has 1 atom stereocenters. The maximum atomic E-state index is 12.5. The topological polar surface area (TPSA) is 98.5 Å². The lowest BCUT2D eigenvalue weighted by atomic mass is 9.89. The first-order valence-corrected chi connectivity index (χ1v) is 7.26. The maximum Gasteiger partial charge on any atom is 0.339 e. The summed E-state index contributed by atoms with van der Waals surface area (Å²) in [6.07, 6.45) is 0.258. The van der Waals surface area contributed by atoms with Crippen LogP contribution < -0.4 is 5.32 Å². The predicted molar refractivity (Wildman–Crippen MR) is 85.7 cm³/mol. The van der Waals surface area contributed by atoms with Crippen molar-refractivity contribution in [2.45, 2.75) is 18.9 Å². The molecule has 1 aliphatic rings. The van der Waals surface area contributed by atoms with E-state index in [0.717, 1.165) is 5.56 Å². The van der Waals surface area contributed by atoms with Crippen LogP contribution in [0.1, 0.15) is 22.8 Å². The van der Waals surface area contributed by atoms with Crippen molar-refractivity contribution >= 4 is 23.3 Å². The van der Waals surface area contributed by atoms with Gasteiger partial charge in [0.15, 0.2) is 5.60 Å². The number of nitrogens with zero attached hydrogens (tertiary/aromatic N) is 1. The number of carbonyl (C=O) groups is 2. The van der Waals surface area contributed by atoms with Gasteiger partial charge in [0.05, 0.1) is 10.5 Å². The summed E-state index contributed by atoms with van der Waals surface area (Å²) in [6.45, 7) is 1.54. The number of nitro groups is 1. The molecule has 2 aromatic carbocycles. The predicted octanol–water partition coefficient (Wildman–Crippen LogP) is 2.71. The van der Waals surface area contributed by atoms with E-state index in [1.54, 1.807) is 31.2 Å². The van der Waals surface area contributed by atoms with E-state index in [1.165, 1.54) is 24.3 Å². The summed E-state index contributed by atoms with van der Waals surface area (Å²) in [7, 11) is 0. The van der Waals surface area contributed by atoms with Crippen molar-refractivity contribution in [3.8, 4) is 0 Å². The first-order chi connectivity index (χ1) is 11.4. The summed E-state index contributed by atoms with van der Waals surface area (Å²) in [5.41, 5.74) is 0.180. The molecule has 0 spiro atoms. The lowest BCUT2D eigenvalue weighted by Crippen LogP contribution is -2.48. The van der Waals surface area contributed by atoms with Gasteiger partial charge in [0.25, 0.3) is 11.6 Å². The second-order valence-corrected chi connectivity index (χ2v) is 5.71. The fourth-order valence-corrected chi connectivity index (χ4v) is 2.59. The highest BCUT2D eigenvalue weighted by Gasteiger charge is 2.42. The summed E-state index contributed by atoms with van der Waals surface area (Å²) >= 11 is 0. The highest BCUT2D eigenvalue weighted by atomic mass is 16.6. The molecular formula is C17H14N2O5. The van der Waals surface area contributed by atoms with Gasteiger partial charge in [0.1, 0.15) is 0 Å². The molecule has 1 heterocycles. The molecular weight excluding hydrogens is 312 g/mol. The minimum atomic E-state index is -1.34. The maximum absolute atomic E-state index is 12.5. The zero-order valence-electron chi connectivity index (χ0n) is 12.8. The van der Waals surface area contributed by atoms with E-state index in [0.29, 0.717) is 11.3 Å². The van der Waals surface area contributed by atoms with Crippen molar-refractivity contribution in [3.05, 3.63) is 69.8 Å². The van der Waals surface area contributed by atoms with Crippen LogP contribution in [0.25, 0.3) is 0 Å². The Hall–Kier alpha value is -3.22. The summed E-state index contributed by atoms with van der Waals surface area (Å²) in [6, 6.07) is 12.4. The number of rotatable bonds is 3. The molecule has 0 aliphatic carbocycles.